The summed E-state index contributed by atoms with van der Waals surface area (Å²) in [5, 5.41) is 0. The van der Waals surface area contributed by atoms with E-state index in [1.165, 1.54) is 17.2 Å². The molecule has 2 N–H and O–H groups in total. The number of halogens is 1. The summed E-state index contributed by atoms with van der Waals surface area (Å²) in [6.45, 7) is 7.42. The van der Waals surface area contributed by atoms with Gasteiger partial charge in [0.2, 0.25) is 0 Å². The third-order valence-electron chi connectivity index (χ3n) is 4.42. The minimum Gasteiger partial charge on any atom is -0.493 e. The van der Waals surface area contributed by atoms with Crippen LogP contribution in [0.3, 0.4) is 0 Å². The van der Waals surface area contributed by atoms with Crippen LogP contribution in [0.5, 0.6) is 5.75 Å². The van der Waals surface area contributed by atoms with Crippen molar-refractivity contribution in [2.45, 2.75) is 39.5 Å². The Labute approximate surface area is 138 Å². The van der Waals surface area contributed by atoms with Gasteiger partial charge in [0.25, 0.3) is 0 Å². The third-order valence-corrected chi connectivity index (χ3v) is 4.42. The minimum absolute atomic E-state index is 0.175. The lowest BCUT2D eigenvalue weighted by Gasteiger charge is -2.17. The lowest BCUT2D eigenvalue weighted by Crippen LogP contribution is -2.14. The van der Waals surface area contributed by atoms with Gasteiger partial charge in [0, 0.05) is 0 Å². The Kier molecular flexibility index (Phi) is 6.17. The van der Waals surface area contributed by atoms with Gasteiger partial charge in [-0.15, -0.1) is 0 Å². The number of hydrogen-bond acceptors (Lipinski definition) is 2. The number of nitrogens with two attached hydrogens (primary N) is 1. The molecule has 0 heterocycles. The van der Waals surface area contributed by atoms with Gasteiger partial charge in [-0.25, -0.2) is 4.39 Å². The van der Waals surface area contributed by atoms with E-state index in [0.717, 1.165) is 29.7 Å². The Hall–Kier alpha value is -1.87. The quantitative estimate of drug-likeness (QED) is 0.755. The molecule has 2 nitrogen and oxygen atoms in total. The van der Waals surface area contributed by atoms with Gasteiger partial charge < -0.3 is 10.5 Å². The van der Waals surface area contributed by atoms with E-state index in [0.29, 0.717) is 13.2 Å². The average Bonchev–Trinajstić information content (AvgIpc) is 2.54. The van der Waals surface area contributed by atoms with E-state index in [1.807, 2.05) is 6.07 Å². The van der Waals surface area contributed by atoms with E-state index in [2.05, 4.69) is 32.9 Å². The third kappa shape index (κ3) is 4.55. The van der Waals surface area contributed by atoms with Crippen molar-refractivity contribution in [3.05, 3.63) is 64.5 Å². The molecule has 2 rings (SSSR count). The lowest BCUT2D eigenvalue weighted by atomic mass is 9.94. The maximum atomic E-state index is 13.3. The Bertz CT molecular complexity index is 654. The molecule has 0 aromatic heterocycles. The summed E-state index contributed by atoms with van der Waals surface area (Å²) in [5.74, 6) is 0.956. The Morgan fingerprint density at radius 3 is 2.52 bits per heavy atom. The molecule has 0 saturated carbocycles. The average molecular weight is 315 g/mol. The monoisotopic (exact) mass is 315 g/mol. The zero-order chi connectivity index (χ0) is 16.8. The van der Waals surface area contributed by atoms with E-state index < -0.39 is 0 Å². The molecule has 0 radical (unpaired) electrons. The fourth-order valence-electron chi connectivity index (χ4n) is 2.83. The van der Waals surface area contributed by atoms with Gasteiger partial charge in [0.05, 0.1) is 6.61 Å². The van der Waals surface area contributed by atoms with Gasteiger partial charge in [0.15, 0.2) is 0 Å². The second-order valence-electron chi connectivity index (χ2n) is 6.13. The summed E-state index contributed by atoms with van der Waals surface area (Å²) in [6, 6.07) is 10.9. The summed E-state index contributed by atoms with van der Waals surface area (Å²) in [6.07, 6.45) is 1.79. The molecule has 0 saturated heterocycles. The van der Waals surface area contributed by atoms with Crippen LogP contribution in [0.25, 0.3) is 0 Å². The number of hydrogen-bond donors (Lipinski definition) is 1. The van der Waals surface area contributed by atoms with Crippen molar-refractivity contribution in [1.82, 2.24) is 0 Å². The second-order valence-corrected chi connectivity index (χ2v) is 6.13. The van der Waals surface area contributed by atoms with E-state index in [1.54, 1.807) is 12.1 Å². The van der Waals surface area contributed by atoms with Crippen LogP contribution in [0.15, 0.2) is 36.4 Å². The predicted molar refractivity (Wildman–Crippen MR) is 93.6 cm³/mol. The molecule has 0 aliphatic heterocycles. The molecule has 2 aromatic carbocycles. The van der Waals surface area contributed by atoms with Crippen molar-refractivity contribution in [1.29, 1.82) is 0 Å². The van der Waals surface area contributed by atoms with Crippen LogP contribution in [0.4, 0.5) is 4.39 Å². The summed E-state index contributed by atoms with van der Waals surface area (Å²) in [4.78, 5) is 0. The van der Waals surface area contributed by atoms with E-state index in [-0.39, 0.29) is 11.7 Å². The number of aryl methyl sites for hydroxylation is 2. The fraction of sp³-hybridized carbons (Fsp3) is 0.400. The first kappa shape index (κ1) is 17.5. The van der Waals surface area contributed by atoms with Gasteiger partial charge in [-0.2, -0.15) is 0 Å². The van der Waals surface area contributed by atoms with Crippen molar-refractivity contribution in [2.75, 3.05) is 13.2 Å². The van der Waals surface area contributed by atoms with Gasteiger partial charge in [-0.1, -0.05) is 24.3 Å². The smallest absolute Gasteiger partial charge is 0.125 e. The van der Waals surface area contributed by atoms with E-state index in [9.17, 15) is 4.39 Å². The second kappa shape index (κ2) is 8.11. The summed E-state index contributed by atoms with van der Waals surface area (Å²) in [5.41, 5.74) is 10.4. The van der Waals surface area contributed by atoms with Crippen LogP contribution >= 0.6 is 0 Å². The first-order chi connectivity index (χ1) is 11.0. The highest BCUT2D eigenvalue weighted by atomic mass is 19.1. The van der Waals surface area contributed by atoms with Crippen LogP contribution in [-0.2, 0) is 0 Å². The zero-order valence-electron chi connectivity index (χ0n) is 14.2. The topological polar surface area (TPSA) is 35.2 Å². The van der Waals surface area contributed by atoms with Crippen molar-refractivity contribution in [3.8, 4) is 5.75 Å². The molecular weight excluding hydrogens is 289 g/mol. The SMILES string of the molecule is Cc1ccc(C)c(OCCCC(CN)c2cccc(F)c2)c1C. The lowest BCUT2D eigenvalue weighted by molar-refractivity contribution is 0.298. The highest BCUT2D eigenvalue weighted by Crippen LogP contribution is 2.26. The van der Waals surface area contributed by atoms with Gasteiger partial charge in [-0.3, -0.25) is 0 Å². The first-order valence-corrected chi connectivity index (χ1v) is 8.18. The van der Waals surface area contributed by atoms with Crippen molar-refractivity contribution in [3.63, 3.8) is 0 Å². The molecule has 1 atom stereocenters. The maximum absolute atomic E-state index is 13.3. The standard InChI is InChI=1S/C20H26FNO/c1-14-9-10-15(2)20(16(14)3)23-11-5-7-18(13-22)17-6-4-8-19(21)12-17/h4,6,8-10,12,18H,5,7,11,13,22H2,1-3H3. The molecule has 0 aliphatic carbocycles. The number of rotatable bonds is 7. The molecule has 3 heteroatoms. The highest BCUT2D eigenvalue weighted by Gasteiger charge is 2.11. The molecule has 0 aliphatic rings. The van der Waals surface area contributed by atoms with Crippen LogP contribution in [0.2, 0.25) is 0 Å². The Balaban J connectivity index is 1.91. The summed E-state index contributed by atoms with van der Waals surface area (Å²) < 4.78 is 19.3. The highest BCUT2D eigenvalue weighted by molar-refractivity contribution is 5.44. The largest absolute Gasteiger partial charge is 0.493 e. The molecule has 0 amide bonds. The molecule has 124 valence electrons. The summed E-state index contributed by atoms with van der Waals surface area (Å²) >= 11 is 0. The zero-order valence-corrected chi connectivity index (χ0v) is 14.2. The van der Waals surface area contributed by atoms with Gasteiger partial charge in [0.1, 0.15) is 11.6 Å². The number of ether oxygens (including phenoxy) is 1. The molecular formula is C20H26FNO. The molecule has 1 unspecified atom stereocenters. The van der Waals surface area contributed by atoms with Crippen molar-refractivity contribution >= 4 is 0 Å². The van der Waals surface area contributed by atoms with Crippen LogP contribution in [0, 0.1) is 26.6 Å². The van der Waals surface area contributed by atoms with Gasteiger partial charge >= 0.3 is 0 Å². The molecule has 23 heavy (non-hydrogen) atoms. The molecule has 0 bridgehead atoms. The Morgan fingerprint density at radius 1 is 1.09 bits per heavy atom. The van der Waals surface area contributed by atoms with Crippen LogP contribution in [-0.4, -0.2) is 13.2 Å². The summed E-state index contributed by atoms with van der Waals surface area (Å²) in [7, 11) is 0. The molecule has 0 spiro atoms. The normalized spacial score (nSPS) is 12.2. The fourth-order valence-corrected chi connectivity index (χ4v) is 2.83. The van der Waals surface area contributed by atoms with Crippen molar-refractivity contribution in [2.24, 2.45) is 5.73 Å². The van der Waals surface area contributed by atoms with Gasteiger partial charge in [-0.05, 0) is 80.5 Å². The van der Waals surface area contributed by atoms with Crippen LogP contribution in [0.1, 0.15) is 41.0 Å². The number of benzene rings is 2. The first-order valence-electron chi connectivity index (χ1n) is 8.18. The predicted octanol–water partition coefficient (Wildman–Crippen LogP) is 4.65. The van der Waals surface area contributed by atoms with Crippen molar-refractivity contribution < 1.29 is 9.13 Å². The maximum Gasteiger partial charge on any atom is 0.125 e. The van der Waals surface area contributed by atoms with E-state index in [4.69, 9.17) is 10.5 Å². The molecule has 2 aromatic rings. The Morgan fingerprint density at radius 2 is 1.83 bits per heavy atom. The minimum atomic E-state index is -0.205. The van der Waals surface area contributed by atoms with Crippen LogP contribution < -0.4 is 10.5 Å². The van der Waals surface area contributed by atoms with E-state index >= 15 is 0 Å². The molecule has 0 fully saturated rings.